The Hall–Kier alpha value is -0.820. The number of rotatable bonds is 5. The summed E-state index contributed by atoms with van der Waals surface area (Å²) in [5.41, 5.74) is 4.91. The zero-order valence-electron chi connectivity index (χ0n) is 12.6. The molecule has 0 bridgehead atoms. The van der Waals surface area contributed by atoms with Gasteiger partial charge in [0.15, 0.2) is 5.84 Å². The maximum Gasteiger partial charge on any atom is 0.212 e. The number of oxime groups is 1. The minimum atomic E-state index is -3.42. The summed E-state index contributed by atoms with van der Waals surface area (Å²) in [6, 6.07) is 0. The monoisotopic (exact) mass is 317 g/mol. The van der Waals surface area contributed by atoms with Gasteiger partial charge in [0, 0.05) is 0 Å². The van der Waals surface area contributed by atoms with Gasteiger partial charge in [0.1, 0.15) is 0 Å². The summed E-state index contributed by atoms with van der Waals surface area (Å²) in [6.45, 7) is 0. The van der Waals surface area contributed by atoms with Crippen molar-refractivity contribution in [3.8, 4) is 0 Å². The van der Waals surface area contributed by atoms with Gasteiger partial charge >= 0.3 is 0 Å². The second-order valence-corrected chi connectivity index (χ2v) is 8.28. The van der Waals surface area contributed by atoms with Gasteiger partial charge in [0.2, 0.25) is 10.0 Å². The molecule has 0 amide bonds. The van der Waals surface area contributed by atoms with Crippen molar-refractivity contribution >= 4 is 15.9 Å². The van der Waals surface area contributed by atoms with Crippen LogP contribution in [0.1, 0.15) is 64.2 Å². The van der Waals surface area contributed by atoms with E-state index in [0.29, 0.717) is 12.8 Å². The number of nitrogens with zero attached hydrogens (tertiary/aromatic N) is 1. The minimum Gasteiger partial charge on any atom is -0.409 e. The van der Waals surface area contributed by atoms with Crippen molar-refractivity contribution in [3.05, 3.63) is 0 Å². The average Bonchev–Trinajstić information content (AvgIpc) is 2.47. The summed E-state index contributed by atoms with van der Waals surface area (Å²) < 4.78 is 27.7. The van der Waals surface area contributed by atoms with E-state index in [1.165, 1.54) is 6.42 Å². The van der Waals surface area contributed by atoms with Gasteiger partial charge in [-0.05, 0) is 31.6 Å². The highest BCUT2D eigenvalue weighted by Crippen LogP contribution is 2.30. The molecule has 0 unspecified atom stereocenters. The summed E-state index contributed by atoms with van der Waals surface area (Å²) in [7, 11) is -3.42. The van der Waals surface area contributed by atoms with Gasteiger partial charge in [-0.15, -0.1) is 0 Å². The van der Waals surface area contributed by atoms with E-state index in [4.69, 9.17) is 10.9 Å². The Kier molecular flexibility index (Phi) is 5.48. The summed E-state index contributed by atoms with van der Waals surface area (Å²) >= 11 is 0. The number of nitrogens with two attached hydrogens (primary N) is 1. The maximum absolute atomic E-state index is 12.5. The fourth-order valence-corrected chi connectivity index (χ4v) is 5.61. The van der Waals surface area contributed by atoms with Crippen molar-refractivity contribution in [1.82, 2.24) is 4.72 Å². The lowest BCUT2D eigenvalue weighted by Crippen LogP contribution is -2.59. The summed E-state index contributed by atoms with van der Waals surface area (Å²) in [5.74, 6) is 0.395. The summed E-state index contributed by atoms with van der Waals surface area (Å²) in [6.07, 6.45) is 9.46. The fourth-order valence-electron chi connectivity index (χ4n) is 3.66. The molecule has 0 aromatic heterocycles. The van der Waals surface area contributed by atoms with E-state index < -0.39 is 15.6 Å². The van der Waals surface area contributed by atoms with Gasteiger partial charge in [0.25, 0.3) is 0 Å². The topological polar surface area (TPSA) is 105 Å². The average molecular weight is 317 g/mol. The SMILES string of the molecule is NC(=NO)C1(NS(=O)(=O)CC2CCCCC2)CCCCC1. The normalized spacial score (nSPS) is 24.9. The zero-order chi connectivity index (χ0) is 15.3. The lowest BCUT2D eigenvalue weighted by atomic mass is 9.82. The van der Waals surface area contributed by atoms with E-state index >= 15 is 0 Å². The van der Waals surface area contributed by atoms with Crippen molar-refractivity contribution in [2.75, 3.05) is 5.75 Å². The van der Waals surface area contributed by atoms with Gasteiger partial charge in [-0.25, -0.2) is 13.1 Å². The number of hydrogen-bond donors (Lipinski definition) is 3. The van der Waals surface area contributed by atoms with Crippen LogP contribution in [0.15, 0.2) is 5.16 Å². The molecule has 0 spiro atoms. The zero-order valence-corrected chi connectivity index (χ0v) is 13.4. The highest BCUT2D eigenvalue weighted by Gasteiger charge is 2.40. The van der Waals surface area contributed by atoms with Crippen LogP contribution in [-0.4, -0.2) is 30.8 Å². The van der Waals surface area contributed by atoms with Crippen LogP contribution in [-0.2, 0) is 10.0 Å². The maximum atomic E-state index is 12.5. The minimum absolute atomic E-state index is 0.00517. The van der Waals surface area contributed by atoms with Crippen LogP contribution in [0.2, 0.25) is 0 Å². The molecule has 2 saturated carbocycles. The van der Waals surface area contributed by atoms with Gasteiger partial charge in [-0.3, -0.25) is 0 Å². The van der Waals surface area contributed by atoms with Gasteiger partial charge in [-0.2, -0.15) is 0 Å². The lowest BCUT2D eigenvalue weighted by molar-refractivity contribution is 0.293. The van der Waals surface area contributed by atoms with Crippen molar-refractivity contribution in [2.45, 2.75) is 69.7 Å². The Bertz CT molecular complexity index is 464. The van der Waals surface area contributed by atoms with Crippen LogP contribution >= 0.6 is 0 Å². The summed E-state index contributed by atoms with van der Waals surface area (Å²) in [5, 5.41) is 12.1. The molecule has 0 heterocycles. The summed E-state index contributed by atoms with van der Waals surface area (Å²) in [4.78, 5) is 0. The largest absolute Gasteiger partial charge is 0.409 e. The molecule has 0 atom stereocenters. The first-order valence-electron chi connectivity index (χ1n) is 7.97. The Morgan fingerprint density at radius 3 is 2.29 bits per heavy atom. The number of nitrogens with one attached hydrogen (secondary N) is 1. The highest BCUT2D eigenvalue weighted by molar-refractivity contribution is 7.89. The standard InChI is InChI=1S/C14H27N3O3S/c15-13(16-18)14(9-5-2-6-10-14)17-21(19,20)11-12-7-3-1-4-8-12/h12,17-18H,1-11H2,(H2,15,16). The van der Waals surface area contributed by atoms with Crippen molar-refractivity contribution < 1.29 is 13.6 Å². The van der Waals surface area contributed by atoms with Crippen molar-refractivity contribution in [2.24, 2.45) is 16.8 Å². The molecule has 0 aromatic rings. The molecule has 122 valence electrons. The van der Waals surface area contributed by atoms with Crippen LogP contribution in [0.3, 0.4) is 0 Å². The van der Waals surface area contributed by atoms with E-state index in [0.717, 1.165) is 44.9 Å². The second-order valence-electron chi connectivity index (χ2n) is 6.52. The molecule has 0 aliphatic heterocycles. The smallest absolute Gasteiger partial charge is 0.212 e. The molecule has 4 N–H and O–H groups in total. The quantitative estimate of drug-likeness (QED) is 0.312. The lowest BCUT2D eigenvalue weighted by Gasteiger charge is -2.37. The van der Waals surface area contributed by atoms with Crippen LogP contribution in [0.25, 0.3) is 0 Å². The molecular formula is C14H27N3O3S. The first-order valence-corrected chi connectivity index (χ1v) is 9.62. The van der Waals surface area contributed by atoms with Gasteiger partial charge in [-0.1, -0.05) is 43.7 Å². The van der Waals surface area contributed by atoms with Gasteiger partial charge < -0.3 is 10.9 Å². The Balaban J connectivity index is 2.07. The first-order chi connectivity index (χ1) is 9.97. The molecular weight excluding hydrogens is 290 g/mol. The van der Waals surface area contributed by atoms with E-state index in [9.17, 15) is 8.42 Å². The molecule has 2 aliphatic carbocycles. The number of amidine groups is 1. The van der Waals surface area contributed by atoms with E-state index in [1.54, 1.807) is 0 Å². The highest BCUT2D eigenvalue weighted by atomic mass is 32.2. The van der Waals surface area contributed by atoms with Crippen molar-refractivity contribution in [3.63, 3.8) is 0 Å². The molecule has 2 aliphatic rings. The van der Waals surface area contributed by atoms with Crippen LogP contribution < -0.4 is 10.5 Å². The van der Waals surface area contributed by atoms with E-state index in [1.807, 2.05) is 0 Å². The Morgan fingerprint density at radius 2 is 1.71 bits per heavy atom. The number of sulfonamides is 1. The van der Waals surface area contributed by atoms with E-state index in [2.05, 4.69) is 9.88 Å². The van der Waals surface area contributed by atoms with Gasteiger partial charge in [0.05, 0.1) is 11.3 Å². The van der Waals surface area contributed by atoms with Crippen LogP contribution in [0, 0.1) is 5.92 Å². The van der Waals surface area contributed by atoms with Crippen molar-refractivity contribution in [1.29, 1.82) is 0 Å². The van der Waals surface area contributed by atoms with E-state index in [-0.39, 0.29) is 17.5 Å². The second kappa shape index (κ2) is 6.96. The molecule has 0 saturated heterocycles. The molecule has 21 heavy (non-hydrogen) atoms. The Morgan fingerprint density at radius 1 is 1.14 bits per heavy atom. The number of hydrogen-bond acceptors (Lipinski definition) is 4. The predicted molar refractivity (Wildman–Crippen MR) is 82.7 cm³/mol. The molecule has 0 aromatic carbocycles. The Labute approximate surface area is 127 Å². The molecule has 2 rings (SSSR count). The molecule has 2 fully saturated rings. The van der Waals surface area contributed by atoms with Crippen LogP contribution in [0.4, 0.5) is 0 Å². The molecule has 0 radical (unpaired) electrons. The van der Waals surface area contributed by atoms with Crippen LogP contribution in [0.5, 0.6) is 0 Å². The fraction of sp³-hybridized carbons (Fsp3) is 0.929. The third kappa shape index (κ3) is 4.32. The first kappa shape index (κ1) is 16.5. The third-order valence-corrected chi connectivity index (χ3v) is 6.45. The molecule has 6 nitrogen and oxygen atoms in total. The predicted octanol–water partition coefficient (Wildman–Crippen LogP) is 1.94. The third-order valence-electron chi connectivity index (χ3n) is 4.84. The molecule has 7 heteroatoms.